The second-order valence-corrected chi connectivity index (χ2v) is 7.79. The molecule has 0 fully saturated rings. The van der Waals surface area contributed by atoms with Crippen LogP contribution in [0.15, 0.2) is 72.8 Å². The summed E-state index contributed by atoms with van der Waals surface area (Å²) in [5, 5.41) is 0. The number of hydrogen-bond donors (Lipinski definition) is 1. The molecule has 1 aromatic heterocycles. The predicted octanol–water partition coefficient (Wildman–Crippen LogP) is 5.92. The van der Waals surface area contributed by atoms with E-state index >= 15 is 0 Å². The highest BCUT2D eigenvalue weighted by Gasteiger charge is 2.16. The summed E-state index contributed by atoms with van der Waals surface area (Å²) in [6.45, 7) is 1.02. The van der Waals surface area contributed by atoms with Crippen LogP contribution in [0.5, 0.6) is 17.2 Å². The van der Waals surface area contributed by atoms with Crippen LogP contribution < -0.4 is 14.2 Å². The number of aryl methyl sites for hydroxylation is 1. The summed E-state index contributed by atoms with van der Waals surface area (Å²) in [4.78, 5) is 8.45. The van der Waals surface area contributed by atoms with E-state index in [1.54, 1.807) is 21.3 Å². The fourth-order valence-electron chi connectivity index (χ4n) is 3.96. The minimum atomic E-state index is 0.423. The van der Waals surface area contributed by atoms with E-state index in [2.05, 4.69) is 29.2 Å². The molecule has 0 aliphatic carbocycles. The Bertz CT molecular complexity index is 1130. The minimum absolute atomic E-state index is 0.423. The Morgan fingerprint density at radius 3 is 2.06 bits per heavy atom. The molecular weight excluding hydrogens is 428 g/mol. The summed E-state index contributed by atoms with van der Waals surface area (Å²) in [7, 11) is 4.82. The Morgan fingerprint density at radius 1 is 0.735 bits per heavy atom. The molecule has 4 rings (SSSR count). The van der Waals surface area contributed by atoms with Gasteiger partial charge in [-0.25, -0.2) is 4.98 Å². The number of nitrogens with zero attached hydrogens (tertiary/aromatic N) is 1. The monoisotopic (exact) mass is 458 g/mol. The first kappa shape index (κ1) is 23.4. The van der Waals surface area contributed by atoms with Gasteiger partial charge in [0.05, 0.1) is 39.3 Å². The van der Waals surface area contributed by atoms with Gasteiger partial charge in [-0.1, -0.05) is 60.7 Å². The van der Waals surface area contributed by atoms with E-state index in [-0.39, 0.29) is 0 Å². The topological polar surface area (TPSA) is 65.6 Å². The van der Waals surface area contributed by atoms with Crippen LogP contribution in [0.3, 0.4) is 0 Å². The van der Waals surface area contributed by atoms with E-state index in [1.807, 2.05) is 48.5 Å². The highest BCUT2D eigenvalue weighted by atomic mass is 16.5. The first-order chi connectivity index (χ1) is 16.7. The van der Waals surface area contributed by atoms with Crippen molar-refractivity contribution in [2.24, 2.45) is 0 Å². The Labute approximate surface area is 200 Å². The van der Waals surface area contributed by atoms with Crippen molar-refractivity contribution in [3.63, 3.8) is 0 Å². The zero-order valence-corrected chi connectivity index (χ0v) is 19.8. The van der Waals surface area contributed by atoms with E-state index in [0.717, 1.165) is 46.7 Å². The van der Waals surface area contributed by atoms with Crippen LogP contribution in [-0.2, 0) is 17.8 Å². The Hall–Kier alpha value is -3.77. The minimum Gasteiger partial charge on any atom is -0.493 e. The van der Waals surface area contributed by atoms with Crippen LogP contribution in [0.25, 0.3) is 22.5 Å². The Kier molecular flexibility index (Phi) is 7.83. The van der Waals surface area contributed by atoms with Gasteiger partial charge in [-0.05, 0) is 18.6 Å². The van der Waals surface area contributed by atoms with Crippen molar-refractivity contribution in [1.29, 1.82) is 0 Å². The van der Waals surface area contributed by atoms with Gasteiger partial charge >= 0.3 is 0 Å². The van der Waals surface area contributed by atoms with Gasteiger partial charge in [-0.2, -0.15) is 0 Å². The molecule has 0 saturated heterocycles. The van der Waals surface area contributed by atoms with Gasteiger partial charge in [0, 0.05) is 29.7 Å². The average Bonchev–Trinajstić information content (AvgIpc) is 3.33. The standard InChI is InChI=1S/C28H30N2O4/c1-31-23-17-16-22(27(32-2)28(23)33-3)19-34-18-10-15-24-29-25(20-11-6-4-7-12-20)26(30-24)21-13-8-5-9-14-21/h4-9,11-14,16-17H,10,15,18-19H2,1-3H3,(H,29,30). The molecule has 0 unspecified atom stereocenters. The molecule has 0 aliphatic rings. The number of hydrogen-bond acceptors (Lipinski definition) is 5. The molecule has 4 aromatic rings. The summed E-state index contributed by atoms with van der Waals surface area (Å²) >= 11 is 0. The molecule has 0 spiro atoms. The number of imidazole rings is 1. The first-order valence-corrected chi connectivity index (χ1v) is 11.3. The van der Waals surface area contributed by atoms with Crippen molar-refractivity contribution in [2.45, 2.75) is 19.4 Å². The second kappa shape index (κ2) is 11.4. The van der Waals surface area contributed by atoms with Crippen molar-refractivity contribution >= 4 is 0 Å². The van der Waals surface area contributed by atoms with E-state index < -0.39 is 0 Å². The van der Waals surface area contributed by atoms with E-state index in [9.17, 15) is 0 Å². The highest BCUT2D eigenvalue weighted by molar-refractivity contribution is 5.78. The van der Waals surface area contributed by atoms with Gasteiger partial charge in [0.25, 0.3) is 0 Å². The molecular formula is C28H30N2O4. The van der Waals surface area contributed by atoms with Crippen LogP contribution >= 0.6 is 0 Å². The zero-order valence-electron chi connectivity index (χ0n) is 19.8. The summed E-state index contributed by atoms with van der Waals surface area (Å²) in [6.07, 6.45) is 1.63. The number of aromatic nitrogens is 2. The van der Waals surface area contributed by atoms with E-state index in [4.69, 9.17) is 23.9 Å². The third-order valence-corrected chi connectivity index (χ3v) is 5.61. The molecule has 0 radical (unpaired) electrons. The number of aromatic amines is 1. The smallest absolute Gasteiger partial charge is 0.203 e. The van der Waals surface area contributed by atoms with Gasteiger partial charge in [-0.15, -0.1) is 0 Å². The number of H-pyrrole nitrogens is 1. The fourth-order valence-corrected chi connectivity index (χ4v) is 3.96. The lowest BCUT2D eigenvalue weighted by molar-refractivity contribution is 0.116. The predicted molar refractivity (Wildman–Crippen MR) is 134 cm³/mol. The van der Waals surface area contributed by atoms with E-state index in [0.29, 0.717) is 30.5 Å². The van der Waals surface area contributed by atoms with Crippen LogP contribution in [0, 0.1) is 0 Å². The van der Waals surface area contributed by atoms with Crippen molar-refractivity contribution in [3.05, 3.63) is 84.2 Å². The van der Waals surface area contributed by atoms with Crippen LogP contribution in [0.2, 0.25) is 0 Å². The summed E-state index contributed by atoms with van der Waals surface area (Å²) in [6, 6.07) is 24.4. The quantitative estimate of drug-likeness (QED) is 0.283. The van der Waals surface area contributed by atoms with Gasteiger partial charge in [0.1, 0.15) is 5.82 Å². The van der Waals surface area contributed by atoms with Gasteiger partial charge in [-0.3, -0.25) is 0 Å². The molecule has 176 valence electrons. The van der Waals surface area contributed by atoms with Crippen LogP contribution in [-0.4, -0.2) is 37.9 Å². The fraction of sp³-hybridized carbons (Fsp3) is 0.250. The van der Waals surface area contributed by atoms with Gasteiger partial charge in [0.15, 0.2) is 11.5 Å². The normalized spacial score (nSPS) is 10.8. The number of methoxy groups -OCH3 is 3. The van der Waals surface area contributed by atoms with E-state index in [1.165, 1.54) is 0 Å². The third kappa shape index (κ3) is 5.24. The maximum absolute atomic E-state index is 5.95. The molecule has 6 heteroatoms. The number of benzene rings is 3. The highest BCUT2D eigenvalue weighted by Crippen LogP contribution is 2.40. The molecule has 0 atom stereocenters. The number of nitrogens with one attached hydrogen (secondary N) is 1. The lowest BCUT2D eigenvalue weighted by Gasteiger charge is -2.15. The van der Waals surface area contributed by atoms with Crippen molar-refractivity contribution < 1.29 is 18.9 Å². The summed E-state index contributed by atoms with van der Waals surface area (Å²) in [5.41, 5.74) is 5.14. The Morgan fingerprint density at radius 2 is 1.41 bits per heavy atom. The molecule has 1 N–H and O–H groups in total. The van der Waals surface area contributed by atoms with Crippen molar-refractivity contribution in [1.82, 2.24) is 9.97 Å². The van der Waals surface area contributed by atoms with Gasteiger partial charge < -0.3 is 23.9 Å². The molecule has 0 saturated carbocycles. The van der Waals surface area contributed by atoms with Crippen LogP contribution in [0.1, 0.15) is 17.8 Å². The second-order valence-electron chi connectivity index (χ2n) is 7.79. The molecule has 34 heavy (non-hydrogen) atoms. The molecule has 0 bridgehead atoms. The lowest BCUT2D eigenvalue weighted by atomic mass is 10.1. The largest absolute Gasteiger partial charge is 0.493 e. The summed E-state index contributed by atoms with van der Waals surface area (Å²) in [5.74, 6) is 2.78. The lowest BCUT2D eigenvalue weighted by Crippen LogP contribution is -2.02. The SMILES string of the molecule is COc1ccc(COCCCc2nc(-c3ccccc3)c(-c3ccccc3)[nH]2)c(OC)c1OC. The van der Waals surface area contributed by atoms with Gasteiger partial charge in [0.2, 0.25) is 5.75 Å². The Balaban J connectivity index is 1.41. The third-order valence-electron chi connectivity index (χ3n) is 5.61. The molecule has 1 heterocycles. The molecule has 3 aromatic carbocycles. The molecule has 0 aliphatic heterocycles. The summed E-state index contributed by atoms with van der Waals surface area (Å²) < 4.78 is 22.3. The number of ether oxygens (including phenoxy) is 4. The first-order valence-electron chi connectivity index (χ1n) is 11.3. The maximum Gasteiger partial charge on any atom is 0.203 e. The number of rotatable bonds is 11. The van der Waals surface area contributed by atoms with Crippen molar-refractivity contribution in [3.8, 4) is 39.8 Å². The van der Waals surface area contributed by atoms with Crippen LogP contribution in [0.4, 0.5) is 0 Å². The van der Waals surface area contributed by atoms with Crippen molar-refractivity contribution in [2.75, 3.05) is 27.9 Å². The maximum atomic E-state index is 5.95. The average molecular weight is 459 g/mol. The molecule has 6 nitrogen and oxygen atoms in total. The molecule has 0 amide bonds. The zero-order chi connectivity index (χ0) is 23.8.